The molecule has 9 nitrogen and oxygen atoms in total. The highest BCUT2D eigenvalue weighted by Crippen LogP contribution is 2.36. The molecule has 2 aromatic heterocycles. The second-order valence-electron chi connectivity index (χ2n) is 8.38. The van der Waals surface area contributed by atoms with Gasteiger partial charge in [-0.3, -0.25) is 9.48 Å². The van der Waals surface area contributed by atoms with Crippen molar-refractivity contribution in [3.63, 3.8) is 0 Å². The first kappa shape index (κ1) is 25.0. The third-order valence-electron chi connectivity index (χ3n) is 5.86. The standard InChI is InChI=1S/C25H28F2N6O3/c1-6-36-24-18(26)7-16(8-19(24)27)12-33-13-17(11-29-33)10-28-21-9-20-22(14(2)30-21)31-25(34)23(32(20)4)15(3)35-5/h7-9,11,13,23H,3,6,10,12H2,1-2,4-5H3,(H,28,30)(H,31,34)/t23-/m0/s1. The molecule has 1 aromatic carbocycles. The normalized spacial score (nSPS) is 14.8. The lowest BCUT2D eigenvalue weighted by Gasteiger charge is -2.36. The number of benzene rings is 1. The number of hydrogen-bond acceptors (Lipinski definition) is 7. The minimum Gasteiger partial charge on any atom is -0.499 e. The number of nitrogens with one attached hydrogen (secondary N) is 2. The molecule has 0 saturated heterocycles. The van der Waals surface area contributed by atoms with Crippen molar-refractivity contribution in [3.05, 3.63) is 71.4 Å². The first-order valence-corrected chi connectivity index (χ1v) is 11.4. The summed E-state index contributed by atoms with van der Waals surface area (Å²) < 4.78 is 40.1. The number of methoxy groups -OCH3 is 1. The molecule has 3 aromatic rings. The van der Waals surface area contributed by atoms with E-state index < -0.39 is 17.7 Å². The maximum absolute atomic E-state index is 14.2. The fourth-order valence-corrected chi connectivity index (χ4v) is 4.11. The number of carbonyl (C=O) groups is 1. The van der Waals surface area contributed by atoms with Gasteiger partial charge in [-0.25, -0.2) is 13.8 Å². The van der Waals surface area contributed by atoms with Gasteiger partial charge in [-0.1, -0.05) is 6.58 Å². The topological polar surface area (TPSA) is 93.5 Å². The van der Waals surface area contributed by atoms with E-state index in [-0.39, 0.29) is 24.8 Å². The Morgan fingerprint density at radius 2 is 1.97 bits per heavy atom. The Morgan fingerprint density at radius 3 is 2.64 bits per heavy atom. The Morgan fingerprint density at radius 1 is 1.25 bits per heavy atom. The molecule has 0 aliphatic carbocycles. The third-order valence-corrected chi connectivity index (χ3v) is 5.86. The van der Waals surface area contributed by atoms with Crippen molar-refractivity contribution in [3.8, 4) is 5.75 Å². The second-order valence-corrected chi connectivity index (χ2v) is 8.38. The SMILES string of the molecule is C=C(OC)[C@H]1C(=O)Nc2c(cc(NCc3cnn(Cc4cc(F)c(OCC)c(F)c4)c3)nc2C)N1C. The smallest absolute Gasteiger partial charge is 0.255 e. The summed E-state index contributed by atoms with van der Waals surface area (Å²) in [5, 5.41) is 10.4. The number of fused-ring (bicyclic) bond motifs is 1. The van der Waals surface area contributed by atoms with Gasteiger partial charge in [0.1, 0.15) is 11.6 Å². The zero-order valence-electron chi connectivity index (χ0n) is 20.6. The molecule has 2 N–H and O–H groups in total. The van der Waals surface area contributed by atoms with Crippen LogP contribution in [-0.4, -0.2) is 47.5 Å². The van der Waals surface area contributed by atoms with Crippen LogP contribution in [0.15, 0.2) is 42.9 Å². The Labute approximate surface area is 207 Å². The average Bonchev–Trinajstić information content (AvgIpc) is 3.28. The van der Waals surface area contributed by atoms with Gasteiger partial charge in [-0.05, 0) is 31.5 Å². The molecule has 4 rings (SSSR count). The number of ether oxygens (including phenoxy) is 2. The van der Waals surface area contributed by atoms with E-state index in [1.165, 1.54) is 19.2 Å². The van der Waals surface area contributed by atoms with E-state index in [0.717, 1.165) is 11.3 Å². The molecule has 1 aliphatic heterocycles. The van der Waals surface area contributed by atoms with Crippen molar-refractivity contribution in [2.75, 3.05) is 36.3 Å². The number of likely N-dealkylation sites (N-methyl/N-ethyl adjacent to an activating group) is 1. The van der Waals surface area contributed by atoms with Crippen LogP contribution in [0.25, 0.3) is 0 Å². The summed E-state index contributed by atoms with van der Waals surface area (Å²) in [7, 11) is 3.28. The van der Waals surface area contributed by atoms with Crippen LogP contribution >= 0.6 is 0 Å². The number of aryl methyl sites for hydroxylation is 1. The van der Waals surface area contributed by atoms with Crippen molar-refractivity contribution in [2.24, 2.45) is 0 Å². The van der Waals surface area contributed by atoms with E-state index in [9.17, 15) is 13.6 Å². The van der Waals surface area contributed by atoms with Crippen LogP contribution in [0.3, 0.4) is 0 Å². The van der Waals surface area contributed by atoms with Gasteiger partial charge in [0.05, 0.1) is 43.5 Å². The van der Waals surface area contributed by atoms with Crippen molar-refractivity contribution in [2.45, 2.75) is 33.0 Å². The van der Waals surface area contributed by atoms with Crippen molar-refractivity contribution in [1.29, 1.82) is 0 Å². The molecular weight excluding hydrogens is 470 g/mol. The summed E-state index contributed by atoms with van der Waals surface area (Å²) in [5.41, 5.74) is 3.36. The van der Waals surface area contributed by atoms with E-state index in [1.54, 1.807) is 35.9 Å². The number of amides is 1. The molecule has 0 unspecified atom stereocenters. The lowest BCUT2D eigenvalue weighted by molar-refractivity contribution is -0.117. The van der Waals surface area contributed by atoms with Crippen molar-refractivity contribution >= 4 is 23.1 Å². The first-order chi connectivity index (χ1) is 17.2. The first-order valence-electron chi connectivity index (χ1n) is 11.4. The summed E-state index contributed by atoms with van der Waals surface area (Å²) in [6.07, 6.45) is 3.46. The highest BCUT2D eigenvalue weighted by Gasteiger charge is 2.35. The zero-order chi connectivity index (χ0) is 26.0. The van der Waals surface area contributed by atoms with E-state index in [0.29, 0.717) is 35.1 Å². The second kappa shape index (κ2) is 10.2. The molecule has 190 valence electrons. The summed E-state index contributed by atoms with van der Waals surface area (Å²) >= 11 is 0. The van der Waals surface area contributed by atoms with Gasteiger partial charge in [0, 0.05) is 31.4 Å². The fraction of sp³-hybridized carbons (Fsp3) is 0.320. The number of anilines is 3. The van der Waals surface area contributed by atoms with Crippen LogP contribution in [0.5, 0.6) is 5.75 Å². The molecular formula is C25H28F2N6O3. The molecule has 0 saturated carbocycles. The number of rotatable bonds is 9. The van der Waals surface area contributed by atoms with Crippen LogP contribution in [0, 0.1) is 18.6 Å². The van der Waals surface area contributed by atoms with E-state index in [1.807, 2.05) is 13.0 Å². The Balaban J connectivity index is 1.46. The summed E-state index contributed by atoms with van der Waals surface area (Å²) in [4.78, 5) is 18.9. The van der Waals surface area contributed by atoms with E-state index >= 15 is 0 Å². The van der Waals surface area contributed by atoms with Gasteiger partial charge in [0.15, 0.2) is 23.4 Å². The van der Waals surface area contributed by atoms with Crippen LogP contribution in [0.4, 0.5) is 26.0 Å². The molecule has 36 heavy (non-hydrogen) atoms. The quantitative estimate of drug-likeness (QED) is 0.433. The number of halogens is 2. The zero-order valence-corrected chi connectivity index (χ0v) is 20.6. The Kier molecular flexibility index (Phi) is 7.09. The average molecular weight is 499 g/mol. The van der Waals surface area contributed by atoms with Gasteiger partial charge in [-0.2, -0.15) is 5.10 Å². The maximum atomic E-state index is 14.2. The van der Waals surface area contributed by atoms with Gasteiger partial charge in [0.2, 0.25) is 0 Å². The van der Waals surface area contributed by atoms with Crippen LogP contribution in [0.1, 0.15) is 23.7 Å². The highest BCUT2D eigenvalue weighted by molar-refractivity contribution is 6.05. The Hall–Kier alpha value is -4.15. The minimum atomic E-state index is -0.743. The predicted molar refractivity (Wildman–Crippen MR) is 132 cm³/mol. The maximum Gasteiger partial charge on any atom is 0.255 e. The molecule has 0 fully saturated rings. The van der Waals surface area contributed by atoms with Gasteiger partial charge in [0.25, 0.3) is 5.91 Å². The van der Waals surface area contributed by atoms with E-state index in [2.05, 4.69) is 27.3 Å². The molecule has 1 aliphatic rings. The summed E-state index contributed by atoms with van der Waals surface area (Å²) in [5.74, 6) is -1.15. The predicted octanol–water partition coefficient (Wildman–Crippen LogP) is 3.84. The molecule has 0 spiro atoms. The van der Waals surface area contributed by atoms with Gasteiger partial charge >= 0.3 is 0 Å². The third kappa shape index (κ3) is 4.95. The number of pyridine rings is 1. The molecule has 0 bridgehead atoms. The molecule has 11 heteroatoms. The monoisotopic (exact) mass is 498 g/mol. The number of nitrogens with zero attached hydrogens (tertiary/aromatic N) is 4. The molecule has 1 amide bonds. The largest absolute Gasteiger partial charge is 0.499 e. The van der Waals surface area contributed by atoms with E-state index in [4.69, 9.17) is 9.47 Å². The van der Waals surface area contributed by atoms with Gasteiger partial charge in [-0.15, -0.1) is 0 Å². The minimum absolute atomic E-state index is 0.176. The fourth-order valence-electron chi connectivity index (χ4n) is 4.11. The number of hydrogen-bond donors (Lipinski definition) is 2. The molecule has 1 atom stereocenters. The molecule has 0 radical (unpaired) electrons. The van der Waals surface area contributed by atoms with Crippen LogP contribution in [0.2, 0.25) is 0 Å². The van der Waals surface area contributed by atoms with Crippen LogP contribution in [-0.2, 0) is 22.6 Å². The molecule has 3 heterocycles. The van der Waals surface area contributed by atoms with Crippen LogP contribution < -0.4 is 20.3 Å². The Bertz CT molecular complexity index is 1290. The summed E-state index contributed by atoms with van der Waals surface area (Å²) in [6, 6.07) is 3.67. The summed E-state index contributed by atoms with van der Waals surface area (Å²) in [6.45, 7) is 8.11. The van der Waals surface area contributed by atoms with Crippen molar-refractivity contribution < 1.29 is 23.0 Å². The number of aromatic nitrogens is 3. The lowest BCUT2D eigenvalue weighted by Crippen LogP contribution is -2.47. The lowest BCUT2D eigenvalue weighted by atomic mass is 10.1. The number of carbonyl (C=O) groups excluding carboxylic acids is 1. The van der Waals surface area contributed by atoms with Gasteiger partial charge < -0.3 is 25.0 Å². The van der Waals surface area contributed by atoms with Crippen molar-refractivity contribution in [1.82, 2.24) is 14.8 Å². The highest BCUT2D eigenvalue weighted by atomic mass is 19.1.